The molecular weight excluding hydrogens is 321 g/mol. The molecule has 1 aliphatic rings. The van der Waals surface area contributed by atoms with Crippen molar-refractivity contribution < 1.29 is 13.6 Å². The van der Waals surface area contributed by atoms with E-state index in [0.717, 1.165) is 18.4 Å². The summed E-state index contributed by atoms with van der Waals surface area (Å²) in [4.78, 5) is 26.9. The van der Waals surface area contributed by atoms with E-state index in [2.05, 4.69) is 0 Å². The van der Waals surface area contributed by atoms with Crippen LogP contribution in [0, 0.1) is 5.82 Å². The molecule has 1 saturated heterocycles. The van der Waals surface area contributed by atoms with Crippen LogP contribution >= 0.6 is 0 Å². The molecule has 0 spiro atoms. The molecule has 0 aliphatic carbocycles. The number of amides is 1. The molecule has 0 bridgehead atoms. The quantitative estimate of drug-likeness (QED) is 0.666. The van der Waals surface area contributed by atoms with Crippen LogP contribution in [0.3, 0.4) is 0 Å². The summed E-state index contributed by atoms with van der Waals surface area (Å²) in [5, 5.41) is 0.711. The predicted octanol–water partition coefficient (Wildman–Crippen LogP) is 3.91. The topological polar surface area (TPSA) is 50.5 Å². The molecule has 1 aromatic heterocycles. The highest BCUT2D eigenvalue weighted by Gasteiger charge is 2.32. The van der Waals surface area contributed by atoms with Crippen molar-refractivity contribution in [1.29, 1.82) is 0 Å². The van der Waals surface area contributed by atoms with E-state index in [1.165, 1.54) is 12.1 Å². The van der Waals surface area contributed by atoms with Crippen molar-refractivity contribution in [2.75, 3.05) is 6.54 Å². The summed E-state index contributed by atoms with van der Waals surface area (Å²) in [6.07, 6.45) is 1.63. The van der Waals surface area contributed by atoms with E-state index in [1.807, 2.05) is 6.07 Å². The zero-order valence-corrected chi connectivity index (χ0v) is 13.4. The summed E-state index contributed by atoms with van der Waals surface area (Å²) in [6.45, 7) is 0.563. The highest BCUT2D eigenvalue weighted by Crippen LogP contribution is 2.33. The van der Waals surface area contributed by atoms with Crippen molar-refractivity contribution in [3.05, 3.63) is 82.0 Å². The van der Waals surface area contributed by atoms with Crippen molar-refractivity contribution in [3.8, 4) is 0 Å². The van der Waals surface area contributed by atoms with E-state index < -0.39 is 5.63 Å². The molecule has 126 valence electrons. The Hall–Kier alpha value is -2.95. The first kappa shape index (κ1) is 15.6. The Bertz CT molecular complexity index is 994. The van der Waals surface area contributed by atoms with Crippen molar-refractivity contribution in [1.82, 2.24) is 4.90 Å². The van der Waals surface area contributed by atoms with Crippen molar-refractivity contribution >= 4 is 16.9 Å². The van der Waals surface area contributed by atoms with E-state index in [-0.39, 0.29) is 23.3 Å². The average molecular weight is 337 g/mol. The van der Waals surface area contributed by atoms with E-state index in [9.17, 15) is 14.0 Å². The molecule has 2 heterocycles. The van der Waals surface area contributed by atoms with Crippen LogP contribution in [0.15, 0.2) is 63.8 Å². The highest BCUT2D eigenvalue weighted by atomic mass is 19.1. The lowest BCUT2D eigenvalue weighted by Crippen LogP contribution is -2.33. The number of likely N-dealkylation sites (tertiary alicyclic amines) is 1. The van der Waals surface area contributed by atoms with Gasteiger partial charge in [-0.15, -0.1) is 0 Å². The number of carbonyl (C=O) groups excluding carboxylic acids is 1. The monoisotopic (exact) mass is 337 g/mol. The molecule has 1 atom stereocenters. The van der Waals surface area contributed by atoms with Gasteiger partial charge in [0.1, 0.15) is 17.0 Å². The Morgan fingerprint density at radius 2 is 1.88 bits per heavy atom. The summed E-state index contributed by atoms with van der Waals surface area (Å²) < 4.78 is 18.4. The Morgan fingerprint density at radius 3 is 2.68 bits per heavy atom. The molecule has 0 radical (unpaired) electrons. The van der Waals surface area contributed by atoms with Gasteiger partial charge in [-0.3, -0.25) is 4.79 Å². The SMILES string of the molecule is O=C(c1cc2ccccc2oc1=O)N1CCCC1c1ccc(F)cc1. The number of hydrogen-bond acceptors (Lipinski definition) is 3. The third-order valence-corrected chi connectivity index (χ3v) is 4.64. The van der Waals surface area contributed by atoms with Crippen LogP contribution in [0.4, 0.5) is 4.39 Å². The van der Waals surface area contributed by atoms with Crippen LogP contribution in [0.1, 0.15) is 34.8 Å². The first-order valence-corrected chi connectivity index (χ1v) is 8.23. The second-order valence-corrected chi connectivity index (χ2v) is 6.19. The summed E-state index contributed by atoms with van der Waals surface area (Å²) in [6, 6.07) is 14.7. The standard InChI is InChI=1S/C20H16FNO3/c21-15-9-7-13(8-10-15)17-5-3-11-22(17)19(23)16-12-14-4-1-2-6-18(14)25-20(16)24/h1-2,4,6-10,12,17H,3,5,11H2. The van der Waals surface area contributed by atoms with Crippen LogP contribution in [0.5, 0.6) is 0 Å². The number of rotatable bonds is 2. The zero-order valence-electron chi connectivity index (χ0n) is 13.4. The molecule has 0 N–H and O–H groups in total. The molecule has 5 heteroatoms. The van der Waals surface area contributed by atoms with Gasteiger partial charge >= 0.3 is 5.63 Å². The number of nitrogens with zero attached hydrogens (tertiary/aromatic N) is 1. The molecule has 2 aromatic carbocycles. The van der Waals surface area contributed by atoms with Crippen LogP contribution in [-0.2, 0) is 0 Å². The fourth-order valence-corrected chi connectivity index (χ4v) is 3.41. The minimum atomic E-state index is -0.631. The Morgan fingerprint density at radius 1 is 1.12 bits per heavy atom. The molecule has 0 saturated carbocycles. The Balaban J connectivity index is 1.71. The van der Waals surface area contributed by atoms with Crippen LogP contribution in [0.25, 0.3) is 11.0 Å². The molecule has 3 aromatic rings. The number of para-hydroxylation sites is 1. The number of hydrogen-bond donors (Lipinski definition) is 0. The molecule has 4 rings (SSSR count). The van der Waals surface area contributed by atoms with Gasteiger partial charge in [-0.05, 0) is 42.7 Å². The van der Waals surface area contributed by atoms with Crippen LogP contribution < -0.4 is 5.63 Å². The van der Waals surface area contributed by atoms with Gasteiger partial charge in [0.15, 0.2) is 0 Å². The maximum absolute atomic E-state index is 13.2. The maximum Gasteiger partial charge on any atom is 0.349 e. The lowest BCUT2D eigenvalue weighted by molar-refractivity contribution is 0.0731. The number of carbonyl (C=O) groups is 1. The zero-order chi connectivity index (χ0) is 17.4. The summed E-state index contributed by atoms with van der Waals surface area (Å²) in [7, 11) is 0. The van der Waals surface area contributed by atoms with Gasteiger partial charge in [-0.2, -0.15) is 0 Å². The van der Waals surface area contributed by atoms with Crippen LogP contribution in [-0.4, -0.2) is 17.4 Å². The van der Waals surface area contributed by atoms with E-state index in [0.29, 0.717) is 17.5 Å². The minimum absolute atomic E-state index is 0.0349. The normalized spacial score (nSPS) is 17.2. The molecule has 1 fully saturated rings. The summed E-state index contributed by atoms with van der Waals surface area (Å²) >= 11 is 0. The predicted molar refractivity (Wildman–Crippen MR) is 91.9 cm³/mol. The minimum Gasteiger partial charge on any atom is -0.422 e. The van der Waals surface area contributed by atoms with E-state index in [1.54, 1.807) is 41.3 Å². The van der Waals surface area contributed by atoms with Gasteiger partial charge in [0.25, 0.3) is 5.91 Å². The third-order valence-electron chi connectivity index (χ3n) is 4.64. The largest absolute Gasteiger partial charge is 0.422 e. The van der Waals surface area contributed by atoms with E-state index >= 15 is 0 Å². The second kappa shape index (κ2) is 6.16. The Labute approximate surface area is 143 Å². The van der Waals surface area contributed by atoms with Crippen LogP contribution in [0.2, 0.25) is 0 Å². The number of benzene rings is 2. The average Bonchev–Trinajstić information content (AvgIpc) is 3.11. The van der Waals surface area contributed by atoms with Gasteiger partial charge < -0.3 is 9.32 Å². The van der Waals surface area contributed by atoms with Crippen molar-refractivity contribution in [2.45, 2.75) is 18.9 Å². The van der Waals surface area contributed by atoms with Crippen molar-refractivity contribution in [3.63, 3.8) is 0 Å². The fourth-order valence-electron chi connectivity index (χ4n) is 3.41. The van der Waals surface area contributed by atoms with Gasteiger partial charge in [-0.1, -0.05) is 30.3 Å². The second-order valence-electron chi connectivity index (χ2n) is 6.19. The maximum atomic E-state index is 13.2. The molecule has 1 unspecified atom stereocenters. The van der Waals surface area contributed by atoms with Gasteiger partial charge in [0.2, 0.25) is 0 Å². The summed E-state index contributed by atoms with van der Waals surface area (Å²) in [5.41, 5.74) is 0.735. The molecule has 1 aliphatic heterocycles. The van der Waals surface area contributed by atoms with Gasteiger partial charge in [-0.25, -0.2) is 9.18 Å². The van der Waals surface area contributed by atoms with Gasteiger partial charge in [0, 0.05) is 11.9 Å². The number of fused-ring (bicyclic) bond motifs is 1. The van der Waals surface area contributed by atoms with Crippen molar-refractivity contribution in [2.24, 2.45) is 0 Å². The van der Waals surface area contributed by atoms with Gasteiger partial charge in [0.05, 0.1) is 6.04 Å². The smallest absolute Gasteiger partial charge is 0.349 e. The molecule has 1 amide bonds. The summed E-state index contributed by atoms with van der Waals surface area (Å²) in [5.74, 6) is -0.652. The Kier molecular flexibility index (Phi) is 3.84. The molecule has 25 heavy (non-hydrogen) atoms. The lowest BCUT2D eigenvalue weighted by Gasteiger charge is -2.24. The van der Waals surface area contributed by atoms with E-state index in [4.69, 9.17) is 4.42 Å². The first-order chi connectivity index (χ1) is 12.1. The fraction of sp³-hybridized carbons (Fsp3) is 0.200. The third kappa shape index (κ3) is 2.82. The molecule has 4 nitrogen and oxygen atoms in total. The highest BCUT2D eigenvalue weighted by molar-refractivity contribution is 5.97. The lowest BCUT2D eigenvalue weighted by atomic mass is 10.0. The number of halogens is 1. The molecular formula is C20H16FNO3. The first-order valence-electron chi connectivity index (χ1n) is 8.23.